The van der Waals surface area contributed by atoms with E-state index in [1.54, 1.807) is 0 Å². The maximum Gasteiger partial charge on any atom is 0.307 e. The third kappa shape index (κ3) is 8.42. The van der Waals surface area contributed by atoms with E-state index >= 15 is 0 Å². The lowest BCUT2D eigenvalue weighted by Gasteiger charge is -2.19. The largest absolute Gasteiger partial charge is 0.460 e. The smallest absolute Gasteiger partial charge is 0.307 e. The highest BCUT2D eigenvalue weighted by molar-refractivity contribution is 7.99. The van der Waals surface area contributed by atoms with Crippen LogP contribution in [0.3, 0.4) is 0 Å². The van der Waals surface area contributed by atoms with Gasteiger partial charge in [0, 0.05) is 11.0 Å². The van der Waals surface area contributed by atoms with Gasteiger partial charge in [-0.15, -0.1) is 0 Å². The maximum absolute atomic E-state index is 11.3. The first-order valence-electron chi connectivity index (χ1n) is 5.18. The topological polar surface area (TPSA) is 26.3 Å². The van der Waals surface area contributed by atoms with Gasteiger partial charge in [0.15, 0.2) is 0 Å². The molecule has 0 aromatic carbocycles. The van der Waals surface area contributed by atoms with Crippen molar-refractivity contribution in [1.29, 1.82) is 0 Å². The molecule has 1 unspecified atom stereocenters. The van der Waals surface area contributed by atoms with E-state index in [1.807, 2.05) is 32.5 Å². The molecule has 1 atom stereocenters. The first-order chi connectivity index (χ1) is 6.35. The molecule has 0 aromatic rings. The second-order valence-electron chi connectivity index (χ2n) is 4.43. The second kappa shape index (κ2) is 6.33. The van der Waals surface area contributed by atoms with E-state index < -0.39 is 0 Å². The van der Waals surface area contributed by atoms with Crippen molar-refractivity contribution < 1.29 is 9.53 Å². The molecule has 0 heterocycles. The summed E-state index contributed by atoms with van der Waals surface area (Å²) in [6.07, 6.45) is 1.67. The first-order valence-corrected chi connectivity index (χ1v) is 6.23. The van der Waals surface area contributed by atoms with Gasteiger partial charge in [0.25, 0.3) is 0 Å². The number of hydrogen-bond acceptors (Lipinski definition) is 3. The lowest BCUT2D eigenvalue weighted by molar-refractivity contribution is -0.154. The number of ether oxygens (including phenoxy) is 1. The van der Waals surface area contributed by atoms with E-state index in [0.29, 0.717) is 11.7 Å². The Balaban J connectivity index is 3.55. The Kier molecular flexibility index (Phi) is 6.25. The van der Waals surface area contributed by atoms with Crippen LogP contribution in [-0.2, 0) is 9.53 Å². The summed E-state index contributed by atoms with van der Waals surface area (Å²) in [5.74, 6) is 0.775. The first kappa shape index (κ1) is 13.8. The minimum atomic E-state index is -0.349. The molecule has 0 spiro atoms. The number of carbonyl (C=O) groups excluding carboxylic acids is 1. The van der Waals surface area contributed by atoms with Gasteiger partial charge in [-0.05, 0) is 27.2 Å². The van der Waals surface area contributed by atoms with Gasteiger partial charge < -0.3 is 4.74 Å². The zero-order chi connectivity index (χ0) is 11.2. The normalized spacial score (nSPS) is 13.8. The van der Waals surface area contributed by atoms with E-state index in [4.69, 9.17) is 4.74 Å². The predicted octanol–water partition coefficient (Wildman–Crippen LogP) is 3.25. The highest BCUT2D eigenvalue weighted by atomic mass is 32.2. The summed E-state index contributed by atoms with van der Waals surface area (Å²) >= 11 is 1.83. The van der Waals surface area contributed by atoms with Crippen molar-refractivity contribution in [3.63, 3.8) is 0 Å². The molecule has 0 fully saturated rings. The molecular formula is C11H22O2S. The van der Waals surface area contributed by atoms with E-state index in [0.717, 1.165) is 12.2 Å². The van der Waals surface area contributed by atoms with Gasteiger partial charge in [-0.1, -0.05) is 13.8 Å². The SMILES string of the molecule is CCC(C)SCCC(=O)OC(C)(C)C. The fraction of sp³-hybridized carbons (Fsp3) is 0.909. The van der Waals surface area contributed by atoms with Crippen LogP contribution in [0.2, 0.25) is 0 Å². The van der Waals surface area contributed by atoms with Gasteiger partial charge in [0.1, 0.15) is 5.60 Å². The molecule has 0 radical (unpaired) electrons. The molecular weight excluding hydrogens is 196 g/mol. The van der Waals surface area contributed by atoms with Crippen LogP contribution in [0.1, 0.15) is 47.5 Å². The van der Waals surface area contributed by atoms with Gasteiger partial charge in [0.2, 0.25) is 0 Å². The maximum atomic E-state index is 11.3. The molecule has 0 N–H and O–H groups in total. The monoisotopic (exact) mass is 218 g/mol. The van der Waals surface area contributed by atoms with Crippen LogP contribution in [-0.4, -0.2) is 22.6 Å². The van der Waals surface area contributed by atoms with Crippen LogP contribution >= 0.6 is 11.8 Å². The average molecular weight is 218 g/mol. The third-order valence-electron chi connectivity index (χ3n) is 1.70. The summed E-state index contributed by atoms with van der Waals surface area (Å²) in [4.78, 5) is 11.3. The molecule has 0 aromatic heterocycles. The van der Waals surface area contributed by atoms with Crippen LogP contribution < -0.4 is 0 Å². The Morgan fingerprint density at radius 3 is 2.43 bits per heavy atom. The molecule has 0 aliphatic heterocycles. The summed E-state index contributed by atoms with van der Waals surface area (Å²) in [7, 11) is 0. The summed E-state index contributed by atoms with van der Waals surface area (Å²) in [5.41, 5.74) is -0.349. The van der Waals surface area contributed by atoms with Crippen molar-refractivity contribution in [2.45, 2.75) is 58.3 Å². The Bertz CT molecular complexity index is 173. The zero-order valence-corrected chi connectivity index (χ0v) is 10.7. The lowest BCUT2D eigenvalue weighted by Crippen LogP contribution is -2.24. The fourth-order valence-corrected chi connectivity index (χ4v) is 1.78. The number of carbonyl (C=O) groups is 1. The van der Waals surface area contributed by atoms with Gasteiger partial charge in [-0.25, -0.2) is 0 Å². The molecule has 2 nitrogen and oxygen atoms in total. The van der Waals surface area contributed by atoms with E-state index in [-0.39, 0.29) is 11.6 Å². The minimum Gasteiger partial charge on any atom is -0.460 e. The predicted molar refractivity (Wildman–Crippen MR) is 62.7 cm³/mol. The fourth-order valence-electron chi connectivity index (χ4n) is 0.854. The molecule has 0 aliphatic carbocycles. The Hall–Kier alpha value is -0.180. The Labute approximate surface area is 91.8 Å². The van der Waals surface area contributed by atoms with Crippen molar-refractivity contribution >= 4 is 17.7 Å². The molecule has 0 amide bonds. The Morgan fingerprint density at radius 1 is 1.43 bits per heavy atom. The van der Waals surface area contributed by atoms with E-state index in [9.17, 15) is 4.79 Å². The van der Waals surface area contributed by atoms with E-state index in [2.05, 4.69) is 13.8 Å². The van der Waals surface area contributed by atoms with E-state index in [1.165, 1.54) is 0 Å². The minimum absolute atomic E-state index is 0.0895. The molecule has 0 aliphatic rings. The van der Waals surface area contributed by atoms with Gasteiger partial charge in [0.05, 0.1) is 6.42 Å². The molecule has 84 valence electrons. The molecule has 0 rings (SSSR count). The summed E-state index contributed by atoms with van der Waals surface area (Å²) in [5, 5.41) is 0.637. The second-order valence-corrected chi connectivity index (χ2v) is 5.97. The summed E-state index contributed by atoms with van der Waals surface area (Å²) in [6, 6.07) is 0. The van der Waals surface area contributed by atoms with Crippen LogP contribution in [0.25, 0.3) is 0 Å². The van der Waals surface area contributed by atoms with Gasteiger partial charge >= 0.3 is 5.97 Å². The molecule has 3 heteroatoms. The number of thioether (sulfide) groups is 1. The number of rotatable bonds is 5. The zero-order valence-electron chi connectivity index (χ0n) is 9.92. The van der Waals surface area contributed by atoms with Crippen LogP contribution in [0.15, 0.2) is 0 Å². The molecule has 14 heavy (non-hydrogen) atoms. The Morgan fingerprint density at radius 2 is 2.00 bits per heavy atom. The van der Waals surface area contributed by atoms with Crippen LogP contribution in [0, 0.1) is 0 Å². The van der Waals surface area contributed by atoms with Crippen molar-refractivity contribution in [3.8, 4) is 0 Å². The number of esters is 1. The number of hydrogen-bond donors (Lipinski definition) is 0. The van der Waals surface area contributed by atoms with Crippen molar-refractivity contribution in [2.24, 2.45) is 0 Å². The van der Waals surface area contributed by atoms with Crippen molar-refractivity contribution in [3.05, 3.63) is 0 Å². The summed E-state index contributed by atoms with van der Waals surface area (Å²) in [6.45, 7) is 10.0. The van der Waals surface area contributed by atoms with Gasteiger partial charge in [-0.2, -0.15) is 11.8 Å². The standard InChI is InChI=1S/C11H22O2S/c1-6-9(2)14-8-7-10(12)13-11(3,4)5/h9H,6-8H2,1-5H3. The van der Waals surface area contributed by atoms with Crippen molar-refractivity contribution in [1.82, 2.24) is 0 Å². The van der Waals surface area contributed by atoms with Crippen LogP contribution in [0.5, 0.6) is 0 Å². The van der Waals surface area contributed by atoms with Crippen LogP contribution in [0.4, 0.5) is 0 Å². The quantitative estimate of drug-likeness (QED) is 0.663. The lowest BCUT2D eigenvalue weighted by atomic mass is 10.2. The molecule has 0 saturated carbocycles. The third-order valence-corrected chi connectivity index (χ3v) is 3.05. The van der Waals surface area contributed by atoms with Gasteiger partial charge in [-0.3, -0.25) is 4.79 Å². The highest BCUT2D eigenvalue weighted by Gasteiger charge is 2.15. The highest BCUT2D eigenvalue weighted by Crippen LogP contribution is 2.16. The van der Waals surface area contributed by atoms with Crippen molar-refractivity contribution in [2.75, 3.05) is 5.75 Å². The molecule has 0 bridgehead atoms. The summed E-state index contributed by atoms with van der Waals surface area (Å²) < 4.78 is 5.20. The average Bonchev–Trinajstić information content (AvgIpc) is 2.00. The molecule has 0 saturated heterocycles.